The number of carbonyl (C=O) groups is 1. The van der Waals surface area contributed by atoms with Crippen molar-refractivity contribution >= 4 is 46.0 Å². The van der Waals surface area contributed by atoms with E-state index >= 15 is 0 Å². The molecule has 8 nitrogen and oxygen atoms in total. The Balaban J connectivity index is 1.58. The zero-order chi connectivity index (χ0) is 29.8. The average molecular weight is 697 g/mol. The van der Waals surface area contributed by atoms with Crippen LogP contribution in [-0.4, -0.2) is 31.4 Å². The number of thiazole rings is 1. The fourth-order valence-corrected chi connectivity index (χ4v) is 6.57. The van der Waals surface area contributed by atoms with Crippen LogP contribution in [0.15, 0.2) is 87.8 Å². The van der Waals surface area contributed by atoms with Gasteiger partial charge in [0.2, 0.25) is 0 Å². The van der Waals surface area contributed by atoms with E-state index in [-0.39, 0.29) is 12.2 Å². The molecule has 0 spiro atoms. The van der Waals surface area contributed by atoms with Crippen molar-refractivity contribution in [3.05, 3.63) is 118 Å². The molecule has 0 amide bonds. The van der Waals surface area contributed by atoms with Gasteiger partial charge in [0.05, 0.1) is 46.2 Å². The Kier molecular flexibility index (Phi) is 9.12. The van der Waals surface area contributed by atoms with Gasteiger partial charge in [-0.05, 0) is 83.5 Å². The predicted octanol–water partition coefficient (Wildman–Crippen LogP) is 5.00. The van der Waals surface area contributed by atoms with Crippen molar-refractivity contribution in [2.24, 2.45) is 4.99 Å². The predicted molar refractivity (Wildman–Crippen MR) is 170 cm³/mol. The molecule has 4 aromatic rings. The van der Waals surface area contributed by atoms with Crippen LogP contribution in [0.4, 0.5) is 0 Å². The Labute approximate surface area is 260 Å². The highest BCUT2D eigenvalue weighted by molar-refractivity contribution is 14.1. The van der Waals surface area contributed by atoms with Gasteiger partial charge in [-0.25, -0.2) is 9.79 Å². The van der Waals surface area contributed by atoms with Crippen LogP contribution in [0, 0.1) is 3.57 Å². The van der Waals surface area contributed by atoms with Crippen molar-refractivity contribution in [2.75, 3.05) is 20.8 Å². The molecule has 1 atom stereocenters. The van der Waals surface area contributed by atoms with Crippen LogP contribution in [-0.2, 0) is 16.1 Å². The maximum atomic E-state index is 13.9. The van der Waals surface area contributed by atoms with Crippen LogP contribution < -0.4 is 29.1 Å². The lowest BCUT2D eigenvalue weighted by molar-refractivity contribution is -0.139. The summed E-state index contributed by atoms with van der Waals surface area (Å²) < 4.78 is 25.3. The zero-order valence-electron chi connectivity index (χ0n) is 23.5. The molecular weight excluding hydrogens is 667 g/mol. The topological polar surface area (TPSA) is 88.4 Å². The van der Waals surface area contributed by atoms with E-state index < -0.39 is 12.0 Å². The maximum absolute atomic E-state index is 13.9. The van der Waals surface area contributed by atoms with Gasteiger partial charge < -0.3 is 18.9 Å². The van der Waals surface area contributed by atoms with Crippen LogP contribution in [0.2, 0.25) is 0 Å². The van der Waals surface area contributed by atoms with Gasteiger partial charge in [-0.2, -0.15) is 0 Å². The number of nitrogens with zero attached hydrogens (tertiary/aromatic N) is 2. The number of benzene rings is 3. The number of hydrogen-bond donors (Lipinski definition) is 0. The Morgan fingerprint density at radius 3 is 2.48 bits per heavy atom. The molecule has 1 aromatic heterocycles. The summed E-state index contributed by atoms with van der Waals surface area (Å²) in [5.74, 6) is 1.37. The molecule has 0 fully saturated rings. The summed E-state index contributed by atoms with van der Waals surface area (Å²) in [5, 5.41) is 0. The monoisotopic (exact) mass is 696 g/mol. The molecule has 0 radical (unpaired) electrons. The molecule has 0 aliphatic carbocycles. The number of methoxy groups -OCH3 is 2. The molecule has 42 heavy (non-hydrogen) atoms. The molecule has 0 N–H and O–H groups in total. The highest BCUT2D eigenvalue weighted by Crippen LogP contribution is 2.35. The number of carbonyl (C=O) groups excluding carboxylic acids is 1. The summed E-state index contributed by atoms with van der Waals surface area (Å²) in [6.07, 6.45) is 1.81. The molecular formula is C32H29IN2O6S. The van der Waals surface area contributed by atoms with Gasteiger partial charge in [0.25, 0.3) is 5.56 Å². The van der Waals surface area contributed by atoms with Crippen molar-refractivity contribution in [2.45, 2.75) is 26.5 Å². The molecule has 5 rings (SSSR count). The van der Waals surface area contributed by atoms with Crippen molar-refractivity contribution in [3.63, 3.8) is 0 Å². The van der Waals surface area contributed by atoms with E-state index in [2.05, 4.69) is 27.6 Å². The van der Waals surface area contributed by atoms with Crippen LogP contribution in [0.3, 0.4) is 0 Å². The minimum Gasteiger partial charge on any atom is -0.497 e. The smallest absolute Gasteiger partial charge is 0.338 e. The van der Waals surface area contributed by atoms with Crippen LogP contribution in [0.1, 0.15) is 36.6 Å². The molecule has 0 saturated heterocycles. The number of halogens is 1. The van der Waals surface area contributed by atoms with Crippen molar-refractivity contribution < 1.29 is 23.7 Å². The Hall–Kier alpha value is -3.90. The van der Waals surface area contributed by atoms with Gasteiger partial charge in [-0.15, -0.1) is 0 Å². The fraction of sp³-hybridized carbons (Fsp3) is 0.219. The van der Waals surface area contributed by atoms with Gasteiger partial charge >= 0.3 is 5.97 Å². The van der Waals surface area contributed by atoms with Crippen molar-refractivity contribution in [3.8, 4) is 17.2 Å². The number of allylic oxidation sites excluding steroid dienone is 1. The highest BCUT2D eigenvalue weighted by Gasteiger charge is 2.33. The van der Waals surface area contributed by atoms with Gasteiger partial charge in [-0.1, -0.05) is 53.8 Å². The lowest BCUT2D eigenvalue weighted by Crippen LogP contribution is -2.39. The van der Waals surface area contributed by atoms with E-state index in [1.807, 2.05) is 60.7 Å². The molecule has 2 heterocycles. The second-order valence-corrected chi connectivity index (χ2v) is 11.6. The number of esters is 1. The summed E-state index contributed by atoms with van der Waals surface area (Å²) in [7, 11) is 3.18. The molecule has 216 valence electrons. The number of fused-ring (bicyclic) bond motifs is 1. The number of ether oxygens (including phenoxy) is 4. The number of rotatable bonds is 9. The Bertz CT molecular complexity index is 1830. The van der Waals surface area contributed by atoms with Crippen molar-refractivity contribution in [1.29, 1.82) is 0 Å². The minimum atomic E-state index is -0.697. The number of hydrogen-bond acceptors (Lipinski definition) is 8. The lowest BCUT2D eigenvalue weighted by atomic mass is 9.96. The van der Waals surface area contributed by atoms with E-state index in [1.54, 1.807) is 44.8 Å². The maximum Gasteiger partial charge on any atom is 0.338 e. The first-order valence-electron chi connectivity index (χ1n) is 13.2. The molecule has 0 saturated carbocycles. The Morgan fingerprint density at radius 2 is 1.81 bits per heavy atom. The van der Waals surface area contributed by atoms with Crippen LogP contribution >= 0.6 is 33.9 Å². The summed E-state index contributed by atoms with van der Waals surface area (Å²) in [6, 6.07) is 20.3. The van der Waals surface area contributed by atoms with E-state index in [0.29, 0.717) is 44.5 Å². The molecule has 0 unspecified atom stereocenters. The first-order valence-corrected chi connectivity index (χ1v) is 15.1. The minimum absolute atomic E-state index is 0.209. The fourth-order valence-electron chi connectivity index (χ4n) is 4.74. The van der Waals surface area contributed by atoms with E-state index in [1.165, 1.54) is 11.3 Å². The van der Waals surface area contributed by atoms with E-state index in [4.69, 9.17) is 18.9 Å². The summed E-state index contributed by atoms with van der Waals surface area (Å²) in [5.41, 5.74) is 3.15. The van der Waals surface area contributed by atoms with Crippen LogP contribution in [0.5, 0.6) is 17.2 Å². The molecule has 0 bridgehead atoms. The second-order valence-electron chi connectivity index (χ2n) is 9.38. The number of aromatic nitrogens is 1. The highest BCUT2D eigenvalue weighted by atomic mass is 127. The average Bonchev–Trinajstić information content (AvgIpc) is 3.30. The molecule has 1 aliphatic rings. The largest absolute Gasteiger partial charge is 0.497 e. The van der Waals surface area contributed by atoms with Gasteiger partial charge in [0.15, 0.2) is 16.3 Å². The normalized spacial score (nSPS) is 14.7. The van der Waals surface area contributed by atoms with Gasteiger partial charge in [0.1, 0.15) is 12.4 Å². The molecule has 3 aromatic carbocycles. The summed E-state index contributed by atoms with van der Waals surface area (Å²) in [4.78, 5) is 32.2. The standard InChI is InChI=1S/C32H29IN2O6S/c1-5-40-31(37)27-19(2)34-32-35(28(27)22-11-13-23(38-3)14-12-22)30(36)26(42-32)17-21-15-24(33)29(25(16-21)39-4)41-18-20-9-7-6-8-10-20/h6-17,28H,5,18H2,1-4H3/b26-17+/t28-/m0/s1. The molecule has 10 heteroatoms. The zero-order valence-corrected chi connectivity index (χ0v) is 26.5. The first kappa shape index (κ1) is 29.6. The quantitative estimate of drug-likeness (QED) is 0.181. The van der Waals surface area contributed by atoms with Gasteiger partial charge in [-0.3, -0.25) is 9.36 Å². The Morgan fingerprint density at radius 1 is 1.07 bits per heavy atom. The summed E-state index contributed by atoms with van der Waals surface area (Å²) in [6.45, 7) is 4.12. The van der Waals surface area contributed by atoms with E-state index in [9.17, 15) is 9.59 Å². The lowest BCUT2D eigenvalue weighted by Gasteiger charge is -2.24. The first-order chi connectivity index (χ1) is 20.3. The third kappa shape index (κ3) is 6.00. The SMILES string of the molecule is CCOC(=O)C1=C(C)N=c2s/c(=C/c3cc(I)c(OCc4ccccc4)c(OC)c3)c(=O)n2[C@H]1c1ccc(OC)cc1. The van der Waals surface area contributed by atoms with Crippen molar-refractivity contribution in [1.82, 2.24) is 4.57 Å². The van der Waals surface area contributed by atoms with Crippen LogP contribution in [0.25, 0.3) is 6.08 Å². The molecule has 1 aliphatic heterocycles. The summed E-state index contributed by atoms with van der Waals surface area (Å²) >= 11 is 3.48. The van der Waals surface area contributed by atoms with Gasteiger partial charge in [0, 0.05) is 0 Å². The third-order valence-electron chi connectivity index (χ3n) is 6.72. The second kappa shape index (κ2) is 13.0. The van der Waals surface area contributed by atoms with E-state index in [0.717, 1.165) is 20.3 Å². The third-order valence-corrected chi connectivity index (χ3v) is 8.51.